The van der Waals surface area contributed by atoms with Crippen molar-refractivity contribution in [3.63, 3.8) is 0 Å². The molecule has 0 bridgehead atoms. The molecule has 0 aliphatic rings. The highest BCUT2D eigenvalue weighted by atomic mass is 15.0. The van der Waals surface area contributed by atoms with Gasteiger partial charge in [0.05, 0.1) is 16.7 Å². The summed E-state index contributed by atoms with van der Waals surface area (Å²) in [6, 6.07) is 36.8. The van der Waals surface area contributed by atoms with Gasteiger partial charge in [-0.15, -0.1) is 0 Å². The third-order valence-electron chi connectivity index (χ3n) is 8.59. The second kappa shape index (κ2) is 11.8. The lowest BCUT2D eigenvalue weighted by molar-refractivity contribution is 1.05. The van der Waals surface area contributed by atoms with E-state index in [4.69, 9.17) is 4.98 Å². The van der Waals surface area contributed by atoms with E-state index in [0.29, 0.717) is 0 Å². The molecule has 0 aliphatic carbocycles. The molecule has 218 valence electrons. The largest absolute Gasteiger partial charge is 0.313 e. The lowest BCUT2D eigenvalue weighted by Crippen LogP contribution is -1.98. The molecule has 3 aromatic heterocycles. The van der Waals surface area contributed by atoms with Gasteiger partial charge in [0, 0.05) is 62.5 Å². The minimum Gasteiger partial charge on any atom is -0.313 e. The van der Waals surface area contributed by atoms with E-state index in [9.17, 15) is 0 Å². The Kier molecular flexibility index (Phi) is 7.36. The summed E-state index contributed by atoms with van der Waals surface area (Å²) in [5.41, 5.74) is 13.7. The molecule has 0 spiro atoms. The standard InChI is InChI=1S/C42H35N3/c1-5-14-36-29(4)44(41-22-10-8-20-38(36)41)34-18-12-16-30(25-34)32-24-33(28-43-27-32)31-17-13-19-35(26-31)45-40(7-3)37(15-6-2)39-21-9-11-23-42(39)45/h5-28H,3H2,1-2,4H3/b14-5-,15-6-. The van der Waals surface area contributed by atoms with E-state index >= 15 is 0 Å². The number of aromatic nitrogens is 3. The number of hydrogen-bond acceptors (Lipinski definition) is 1. The molecule has 0 amide bonds. The van der Waals surface area contributed by atoms with Crippen LogP contribution in [-0.4, -0.2) is 14.1 Å². The molecule has 3 nitrogen and oxygen atoms in total. The SMILES string of the molecule is C=Cc1c(/C=C\C)c2ccccc2n1-c1cccc(-c2cncc(-c3cccc(-n4c(C)c(/C=C\C)c5ccccc54)c3)c2)c1. The van der Waals surface area contributed by atoms with Crippen molar-refractivity contribution in [2.75, 3.05) is 0 Å². The van der Waals surface area contributed by atoms with E-state index in [-0.39, 0.29) is 0 Å². The predicted molar refractivity (Wildman–Crippen MR) is 193 cm³/mol. The highest BCUT2D eigenvalue weighted by Gasteiger charge is 2.16. The van der Waals surface area contributed by atoms with E-state index < -0.39 is 0 Å². The van der Waals surface area contributed by atoms with Crippen LogP contribution in [0.1, 0.15) is 36.4 Å². The van der Waals surface area contributed by atoms with Crippen LogP contribution in [0.3, 0.4) is 0 Å². The smallest absolute Gasteiger partial charge is 0.0541 e. The van der Waals surface area contributed by atoms with Gasteiger partial charge in [-0.05, 0) is 80.4 Å². The third kappa shape index (κ3) is 4.83. The van der Waals surface area contributed by atoms with Gasteiger partial charge >= 0.3 is 0 Å². The fourth-order valence-corrected chi connectivity index (χ4v) is 6.61. The van der Waals surface area contributed by atoms with E-state index in [2.05, 4.69) is 164 Å². The molecular weight excluding hydrogens is 546 g/mol. The summed E-state index contributed by atoms with van der Waals surface area (Å²) in [4.78, 5) is 4.70. The molecule has 7 aromatic rings. The highest BCUT2D eigenvalue weighted by Crippen LogP contribution is 2.35. The van der Waals surface area contributed by atoms with Crippen LogP contribution in [-0.2, 0) is 0 Å². The number of para-hydroxylation sites is 2. The quantitative estimate of drug-likeness (QED) is 0.184. The molecule has 45 heavy (non-hydrogen) atoms. The monoisotopic (exact) mass is 581 g/mol. The van der Waals surface area contributed by atoms with E-state index in [1.807, 2.05) is 18.5 Å². The average Bonchev–Trinajstić information content (AvgIpc) is 3.56. The number of fused-ring (bicyclic) bond motifs is 2. The Hall–Kier alpha value is -5.67. The van der Waals surface area contributed by atoms with Crippen LogP contribution in [0.5, 0.6) is 0 Å². The highest BCUT2D eigenvalue weighted by molar-refractivity contribution is 5.96. The maximum atomic E-state index is 4.70. The van der Waals surface area contributed by atoms with Crippen molar-refractivity contribution >= 4 is 40.0 Å². The Morgan fingerprint density at radius 3 is 1.71 bits per heavy atom. The van der Waals surface area contributed by atoms with Crippen molar-refractivity contribution in [2.24, 2.45) is 0 Å². The number of benzene rings is 4. The Bertz CT molecular complexity index is 2270. The van der Waals surface area contributed by atoms with Crippen molar-refractivity contribution in [3.05, 3.63) is 157 Å². The first-order chi connectivity index (χ1) is 22.1. The maximum absolute atomic E-state index is 4.70. The number of nitrogens with zero attached hydrogens (tertiary/aromatic N) is 3. The van der Waals surface area contributed by atoms with Gasteiger partial charge in [0.25, 0.3) is 0 Å². The fourth-order valence-electron chi connectivity index (χ4n) is 6.61. The van der Waals surface area contributed by atoms with Crippen molar-refractivity contribution in [1.29, 1.82) is 0 Å². The molecule has 0 unspecified atom stereocenters. The molecule has 0 N–H and O–H groups in total. The first-order valence-corrected chi connectivity index (χ1v) is 15.4. The summed E-state index contributed by atoms with van der Waals surface area (Å²) in [6.07, 6.45) is 14.4. The Morgan fingerprint density at radius 2 is 1.11 bits per heavy atom. The molecule has 4 aromatic carbocycles. The Labute approximate surface area is 264 Å². The molecule has 0 radical (unpaired) electrons. The van der Waals surface area contributed by atoms with E-state index in [1.54, 1.807) is 0 Å². The van der Waals surface area contributed by atoms with Gasteiger partial charge in [-0.2, -0.15) is 0 Å². The topological polar surface area (TPSA) is 22.8 Å². The van der Waals surface area contributed by atoms with Crippen LogP contribution >= 0.6 is 0 Å². The second-order valence-corrected chi connectivity index (χ2v) is 11.3. The first-order valence-electron chi connectivity index (χ1n) is 15.4. The van der Waals surface area contributed by atoms with Gasteiger partial charge < -0.3 is 9.13 Å². The molecular formula is C42H35N3. The zero-order chi connectivity index (χ0) is 30.9. The summed E-state index contributed by atoms with van der Waals surface area (Å²) in [5.74, 6) is 0. The molecule has 0 atom stereocenters. The van der Waals surface area contributed by atoms with Crippen LogP contribution in [0.2, 0.25) is 0 Å². The summed E-state index contributed by atoms with van der Waals surface area (Å²) >= 11 is 0. The van der Waals surface area contributed by atoms with Gasteiger partial charge in [0.1, 0.15) is 0 Å². The summed E-state index contributed by atoms with van der Waals surface area (Å²) in [5, 5.41) is 2.47. The molecule has 7 rings (SSSR count). The molecule has 0 aliphatic heterocycles. The van der Waals surface area contributed by atoms with Crippen molar-refractivity contribution in [1.82, 2.24) is 14.1 Å². The summed E-state index contributed by atoms with van der Waals surface area (Å²) in [7, 11) is 0. The Morgan fingerprint density at radius 1 is 0.578 bits per heavy atom. The first kappa shape index (κ1) is 28.1. The van der Waals surface area contributed by atoms with Crippen molar-refractivity contribution in [3.8, 4) is 33.6 Å². The molecule has 0 saturated heterocycles. The Balaban J connectivity index is 1.31. The van der Waals surface area contributed by atoms with Crippen LogP contribution in [0.25, 0.3) is 73.7 Å². The van der Waals surface area contributed by atoms with E-state index in [0.717, 1.165) is 44.8 Å². The van der Waals surface area contributed by atoms with Gasteiger partial charge in [0.15, 0.2) is 0 Å². The summed E-state index contributed by atoms with van der Waals surface area (Å²) < 4.78 is 4.66. The van der Waals surface area contributed by atoms with Gasteiger partial charge in [-0.1, -0.05) is 91.5 Å². The lowest BCUT2D eigenvalue weighted by Gasteiger charge is -2.13. The van der Waals surface area contributed by atoms with Gasteiger partial charge in [-0.25, -0.2) is 0 Å². The minimum atomic E-state index is 1.07. The summed E-state index contributed by atoms with van der Waals surface area (Å²) in [6.45, 7) is 10.5. The van der Waals surface area contributed by atoms with Crippen LogP contribution < -0.4 is 0 Å². The van der Waals surface area contributed by atoms with E-state index in [1.165, 1.54) is 33.1 Å². The fraction of sp³-hybridized carbons (Fsp3) is 0.0714. The van der Waals surface area contributed by atoms with Crippen molar-refractivity contribution < 1.29 is 0 Å². The number of allylic oxidation sites excluding steroid dienone is 2. The van der Waals surface area contributed by atoms with Crippen LogP contribution in [0.15, 0.2) is 134 Å². The molecule has 0 saturated carbocycles. The zero-order valence-electron chi connectivity index (χ0n) is 25.9. The maximum Gasteiger partial charge on any atom is 0.0541 e. The average molecular weight is 582 g/mol. The van der Waals surface area contributed by atoms with Crippen LogP contribution in [0.4, 0.5) is 0 Å². The number of hydrogen-bond donors (Lipinski definition) is 0. The minimum absolute atomic E-state index is 1.07. The van der Waals surface area contributed by atoms with Gasteiger partial charge in [-0.3, -0.25) is 4.98 Å². The van der Waals surface area contributed by atoms with Crippen molar-refractivity contribution in [2.45, 2.75) is 20.8 Å². The molecule has 3 heterocycles. The van der Waals surface area contributed by atoms with Gasteiger partial charge in [0.2, 0.25) is 0 Å². The third-order valence-corrected chi connectivity index (χ3v) is 8.59. The number of pyridine rings is 1. The predicted octanol–water partition coefficient (Wildman–Crippen LogP) is 11.3. The normalized spacial score (nSPS) is 11.8. The second-order valence-electron chi connectivity index (χ2n) is 11.3. The molecule has 3 heteroatoms. The molecule has 0 fully saturated rings. The van der Waals surface area contributed by atoms with Crippen LogP contribution in [0, 0.1) is 6.92 Å². The number of rotatable bonds is 7. The lowest BCUT2D eigenvalue weighted by atomic mass is 10.0. The zero-order valence-corrected chi connectivity index (χ0v) is 25.9.